The van der Waals surface area contributed by atoms with Crippen molar-refractivity contribution in [2.75, 3.05) is 9.80 Å². The second-order valence-corrected chi connectivity index (χ2v) is 18.9. The molecule has 0 spiro atoms. The van der Waals surface area contributed by atoms with Crippen molar-refractivity contribution >= 4 is 55.7 Å². The van der Waals surface area contributed by atoms with Crippen LogP contribution in [0.3, 0.4) is 0 Å². The lowest BCUT2D eigenvalue weighted by atomic mass is 9.67. The van der Waals surface area contributed by atoms with Crippen molar-refractivity contribution in [1.29, 1.82) is 0 Å². The van der Waals surface area contributed by atoms with Gasteiger partial charge in [-0.15, -0.1) is 0 Å². The molecule has 0 heterocycles. The highest BCUT2D eigenvalue weighted by molar-refractivity contribution is 6.10. The minimum absolute atomic E-state index is 0.0314. The third-order valence-electron chi connectivity index (χ3n) is 14.8. The predicted octanol–water partition coefficient (Wildman–Crippen LogP) is 19.2. The summed E-state index contributed by atoms with van der Waals surface area (Å²) in [6, 6.07) is 86.5. The molecule has 0 unspecified atom stereocenters. The molecule has 1 aliphatic carbocycles. The highest BCUT2D eigenvalue weighted by Gasteiger charge is 2.48. The van der Waals surface area contributed by atoms with E-state index in [1.165, 1.54) is 10.3 Å². The SMILES string of the molecule is Fc1c(F)c(N(c2ccccc2)c2ccccc2)c(F)c(F)c1-c1cc2c(c3ccccc13)-c1ccc(-c3ccc(N(c4ccccc4)c4ccc5ccccc5c4)cc3)cc1C2(c1ccccc1)c1ccccc1. The van der Waals surface area contributed by atoms with Crippen LogP contribution in [-0.4, -0.2) is 0 Å². The van der Waals surface area contributed by atoms with Crippen LogP contribution in [0.1, 0.15) is 22.3 Å². The molecule has 12 aromatic rings. The normalized spacial score (nSPS) is 12.4. The van der Waals surface area contributed by atoms with Crippen molar-refractivity contribution in [2.45, 2.75) is 5.41 Å². The maximum atomic E-state index is 17.5. The first kappa shape index (κ1) is 45.4. The Balaban J connectivity index is 1.01. The van der Waals surface area contributed by atoms with Crippen molar-refractivity contribution in [3.63, 3.8) is 0 Å². The van der Waals surface area contributed by atoms with E-state index in [0.29, 0.717) is 22.1 Å². The standard InChI is InChI=1S/C69H44F4N2/c70-64-63(65(71)67(73)68(66(64)72)75(52-28-12-4-13-29-52)53-30-14-5-15-31-53)59-44-61-62(57-33-19-18-32-56(57)59)58-41-37-48(43-60(58)69(61,49-22-6-1-7-23-49)50-24-8-2-9-25-50)46-34-38-54(39-35-46)74(51-26-10-3-11-27-51)55-40-36-45-20-16-17-21-47(45)42-55/h1-44H. The topological polar surface area (TPSA) is 6.48 Å². The molecule has 13 rings (SSSR count). The molecule has 75 heavy (non-hydrogen) atoms. The van der Waals surface area contributed by atoms with Gasteiger partial charge in [-0.25, -0.2) is 17.6 Å². The van der Waals surface area contributed by atoms with E-state index < -0.39 is 39.9 Å². The number of fused-ring (bicyclic) bond motifs is 6. The van der Waals surface area contributed by atoms with Gasteiger partial charge >= 0.3 is 0 Å². The van der Waals surface area contributed by atoms with Crippen molar-refractivity contribution in [3.8, 4) is 33.4 Å². The van der Waals surface area contributed by atoms with Gasteiger partial charge in [0.05, 0.1) is 11.0 Å². The van der Waals surface area contributed by atoms with Crippen LogP contribution in [0.5, 0.6) is 0 Å². The van der Waals surface area contributed by atoms with Crippen LogP contribution < -0.4 is 9.80 Å². The summed E-state index contributed by atoms with van der Waals surface area (Å²) in [7, 11) is 0. The zero-order chi connectivity index (χ0) is 50.6. The van der Waals surface area contributed by atoms with E-state index in [1.807, 2.05) is 66.7 Å². The summed E-state index contributed by atoms with van der Waals surface area (Å²) < 4.78 is 69.6. The molecule has 0 radical (unpaired) electrons. The molecule has 12 aromatic carbocycles. The highest BCUT2D eigenvalue weighted by Crippen LogP contribution is 2.60. The summed E-state index contributed by atoms with van der Waals surface area (Å²) in [6.45, 7) is 0. The monoisotopic (exact) mass is 976 g/mol. The Labute approximate surface area is 432 Å². The zero-order valence-electron chi connectivity index (χ0n) is 40.3. The van der Waals surface area contributed by atoms with E-state index in [4.69, 9.17) is 0 Å². The molecule has 0 amide bonds. The molecule has 358 valence electrons. The molecule has 0 aromatic heterocycles. The number of hydrogen-bond acceptors (Lipinski definition) is 2. The largest absolute Gasteiger partial charge is 0.310 e. The quantitative estimate of drug-likeness (QED) is 0.0995. The van der Waals surface area contributed by atoms with Gasteiger partial charge in [-0.3, -0.25) is 0 Å². The number of rotatable bonds is 10. The van der Waals surface area contributed by atoms with Gasteiger partial charge in [0, 0.05) is 28.4 Å². The number of halogens is 4. The van der Waals surface area contributed by atoms with E-state index >= 15 is 17.6 Å². The summed E-state index contributed by atoms with van der Waals surface area (Å²) >= 11 is 0. The fraction of sp³-hybridized carbons (Fsp3) is 0.0145. The number of hydrogen-bond donors (Lipinski definition) is 0. The van der Waals surface area contributed by atoms with Crippen LogP contribution >= 0.6 is 0 Å². The lowest BCUT2D eigenvalue weighted by Gasteiger charge is -2.34. The first-order valence-corrected chi connectivity index (χ1v) is 24.9. The summed E-state index contributed by atoms with van der Waals surface area (Å²) in [4.78, 5) is 3.47. The Bertz CT molecular complexity index is 3990. The fourth-order valence-corrected chi connectivity index (χ4v) is 11.5. The van der Waals surface area contributed by atoms with Crippen LogP contribution in [0.25, 0.3) is 54.9 Å². The maximum Gasteiger partial charge on any atom is 0.186 e. The lowest BCUT2D eigenvalue weighted by Crippen LogP contribution is -2.28. The third kappa shape index (κ3) is 7.40. The Morgan fingerprint density at radius 2 is 0.733 bits per heavy atom. The van der Waals surface area contributed by atoms with E-state index in [9.17, 15) is 0 Å². The van der Waals surface area contributed by atoms with Gasteiger partial charge in [-0.05, 0) is 144 Å². The van der Waals surface area contributed by atoms with E-state index in [1.54, 1.807) is 78.9 Å². The van der Waals surface area contributed by atoms with Crippen LogP contribution in [0, 0.1) is 23.3 Å². The van der Waals surface area contributed by atoms with Crippen LogP contribution in [-0.2, 0) is 5.41 Å². The molecular weight excluding hydrogens is 933 g/mol. The second kappa shape index (κ2) is 18.5. The Morgan fingerprint density at radius 1 is 0.280 bits per heavy atom. The average Bonchev–Trinajstić information content (AvgIpc) is 3.95. The van der Waals surface area contributed by atoms with Gasteiger partial charge in [-0.1, -0.05) is 194 Å². The van der Waals surface area contributed by atoms with Crippen LogP contribution in [0.4, 0.5) is 51.7 Å². The molecule has 6 heteroatoms. The minimum Gasteiger partial charge on any atom is -0.310 e. The van der Waals surface area contributed by atoms with Crippen molar-refractivity contribution in [3.05, 3.63) is 312 Å². The molecule has 2 nitrogen and oxygen atoms in total. The zero-order valence-corrected chi connectivity index (χ0v) is 40.3. The Morgan fingerprint density at radius 3 is 1.31 bits per heavy atom. The van der Waals surface area contributed by atoms with Crippen LogP contribution in [0.15, 0.2) is 267 Å². The fourth-order valence-electron chi connectivity index (χ4n) is 11.5. The number of nitrogens with zero attached hydrogens (tertiary/aromatic N) is 2. The number of anilines is 6. The van der Waals surface area contributed by atoms with Gasteiger partial charge in [0.1, 0.15) is 5.69 Å². The summed E-state index contributed by atoms with van der Waals surface area (Å²) in [5.41, 5.74) is 8.29. The van der Waals surface area contributed by atoms with Crippen LogP contribution in [0.2, 0.25) is 0 Å². The highest BCUT2D eigenvalue weighted by atomic mass is 19.2. The molecule has 0 saturated heterocycles. The summed E-state index contributed by atoms with van der Waals surface area (Å²) in [6.07, 6.45) is 0. The van der Waals surface area contributed by atoms with Gasteiger partial charge < -0.3 is 9.80 Å². The third-order valence-corrected chi connectivity index (χ3v) is 14.8. The van der Waals surface area contributed by atoms with E-state index in [-0.39, 0.29) is 5.56 Å². The smallest absolute Gasteiger partial charge is 0.186 e. The molecule has 1 aliphatic rings. The second-order valence-electron chi connectivity index (χ2n) is 18.9. The van der Waals surface area contributed by atoms with Crippen molar-refractivity contribution in [2.24, 2.45) is 0 Å². The van der Waals surface area contributed by atoms with E-state index in [2.05, 4.69) is 126 Å². The van der Waals surface area contributed by atoms with Gasteiger partial charge in [0.25, 0.3) is 0 Å². The molecule has 0 saturated carbocycles. The van der Waals surface area contributed by atoms with E-state index in [0.717, 1.165) is 67.0 Å². The molecular formula is C69H44F4N2. The van der Waals surface area contributed by atoms with Crippen molar-refractivity contribution in [1.82, 2.24) is 0 Å². The maximum absolute atomic E-state index is 17.5. The molecule has 0 atom stereocenters. The molecule has 0 fully saturated rings. The Kier molecular flexibility index (Phi) is 11.2. The summed E-state index contributed by atoms with van der Waals surface area (Å²) in [5.74, 6) is -6.02. The minimum atomic E-state index is -1.51. The predicted molar refractivity (Wildman–Crippen MR) is 299 cm³/mol. The summed E-state index contributed by atoms with van der Waals surface area (Å²) in [5, 5.41) is 3.44. The van der Waals surface area contributed by atoms with Gasteiger partial charge in [0.15, 0.2) is 23.3 Å². The Hall–Kier alpha value is -9.52. The van der Waals surface area contributed by atoms with Gasteiger partial charge in [0.2, 0.25) is 0 Å². The number of benzene rings is 12. The first-order chi connectivity index (χ1) is 36.9. The molecule has 0 aliphatic heterocycles. The van der Waals surface area contributed by atoms with Gasteiger partial charge in [-0.2, -0.15) is 0 Å². The number of para-hydroxylation sites is 3. The first-order valence-electron chi connectivity index (χ1n) is 24.9. The van der Waals surface area contributed by atoms with Crippen molar-refractivity contribution < 1.29 is 17.6 Å². The molecule has 0 bridgehead atoms. The molecule has 0 N–H and O–H groups in total. The average molecular weight is 977 g/mol. The lowest BCUT2D eigenvalue weighted by molar-refractivity contribution is 0.461.